The fourth-order valence-corrected chi connectivity index (χ4v) is 3.58. The Balaban J connectivity index is 1.92. The lowest BCUT2D eigenvalue weighted by molar-refractivity contribution is 0.329. The van der Waals surface area contributed by atoms with Crippen LogP contribution in [0.3, 0.4) is 0 Å². The molecule has 0 radical (unpaired) electrons. The Morgan fingerprint density at radius 1 is 1.19 bits per heavy atom. The number of hydrogen-bond donors (Lipinski definition) is 2. The van der Waals surface area contributed by atoms with Crippen molar-refractivity contribution in [1.29, 1.82) is 0 Å². The van der Waals surface area contributed by atoms with Gasteiger partial charge in [0.15, 0.2) is 0 Å². The molecule has 1 aromatic rings. The predicted octanol–water partition coefficient (Wildman–Crippen LogP) is 2.55. The second-order valence-corrected chi connectivity index (χ2v) is 7.43. The van der Waals surface area contributed by atoms with Crippen LogP contribution in [0, 0.1) is 5.82 Å². The van der Waals surface area contributed by atoms with Crippen molar-refractivity contribution in [2.75, 3.05) is 12.3 Å². The lowest BCUT2D eigenvalue weighted by Gasteiger charge is -2.31. The molecule has 0 bridgehead atoms. The van der Waals surface area contributed by atoms with Crippen molar-refractivity contribution >= 4 is 10.1 Å². The van der Waals surface area contributed by atoms with Crippen molar-refractivity contribution < 1.29 is 17.4 Å². The molecule has 4 nitrogen and oxygen atoms in total. The van der Waals surface area contributed by atoms with Gasteiger partial charge in [-0.3, -0.25) is 4.55 Å². The first-order valence-corrected chi connectivity index (χ1v) is 8.94. The molecule has 1 saturated carbocycles. The van der Waals surface area contributed by atoms with Crippen molar-refractivity contribution in [3.63, 3.8) is 0 Å². The van der Waals surface area contributed by atoms with Gasteiger partial charge in [-0.25, -0.2) is 4.39 Å². The molecule has 0 aliphatic heterocycles. The quantitative estimate of drug-likeness (QED) is 0.599. The molecule has 1 fully saturated rings. The summed E-state index contributed by atoms with van der Waals surface area (Å²) >= 11 is 0. The number of hydrogen-bond acceptors (Lipinski definition) is 3. The van der Waals surface area contributed by atoms with Gasteiger partial charge in [-0.15, -0.1) is 0 Å². The van der Waals surface area contributed by atoms with Crippen LogP contribution in [0.15, 0.2) is 24.3 Å². The first kappa shape index (κ1) is 16.4. The minimum Gasteiger partial charge on any atom is -0.311 e. The summed E-state index contributed by atoms with van der Waals surface area (Å²) in [6.07, 6.45) is 5.58. The van der Waals surface area contributed by atoms with Gasteiger partial charge in [0.05, 0.1) is 5.75 Å². The number of nitrogens with one attached hydrogen (secondary N) is 1. The van der Waals surface area contributed by atoms with E-state index in [1.165, 1.54) is 12.1 Å². The van der Waals surface area contributed by atoms with Crippen molar-refractivity contribution in [2.24, 2.45) is 0 Å². The van der Waals surface area contributed by atoms with Crippen molar-refractivity contribution in [3.8, 4) is 0 Å². The van der Waals surface area contributed by atoms with Crippen LogP contribution < -0.4 is 5.32 Å². The minimum atomic E-state index is -3.88. The second kappa shape index (κ2) is 6.85. The first-order valence-electron chi connectivity index (χ1n) is 7.33. The van der Waals surface area contributed by atoms with Crippen molar-refractivity contribution in [2.45, 2.75) is 44.1 Å². The predicted molar refractivity (Wildman–Crippen MR) is 80.3 cm³/mol. The van der Waals surface area contributed by atoms with Gasteiger partial charge in [0, 0.05) is 5.54 Å². The molecule has 1 aromatic carbocycles. The summed E-state index contributed by atoms with van der Waals surface area (Å²) in [5, 5.41) is 3.46. The van der Waals surface area contributed by atoms with Gasteiger partial charge in [-0.2, -0.15) is 8.42 Å². The van der Waals surface area contributed by atoms with Crippen LogP contribution in [0.5, 0.6) is 0 Å². The van der Waals surface area contributed by atoms with Gasteiger partial charge in [0.1, 0.15) is 5.82 Å². The standard InChI is InChI=1S/C15H22FNO3S/c16-14-6-4-13(5-7-14)12-15(8-1-2-9-15)17-10-3-11-21(18,19)20/h4-7,17H,1-3,8-12H2,(H,18,19,20). The zero-order valence-electron chi connectivity index (χ0n) is 12.0. The maximum Gasteiger partial charge on any atom is 0.264 e. The minimum absolute atomic E-state index is 0.0307. The zero-order valence-corrected chi connectivity index (χ0v) is 12.8. The lowest BCUT2D eigenvalue weighted by Crippen LogP contribution is -2.45. The normalized spacial score (nSPS) is 18.0. The van der Waals surface area contributed by atoms with E-state index in [9.17, 15) is 12.8 Å². The highest BCUT2D eigenvalue weighted by Crippen LogP contribution is 2.32. The van der Waals surface area contributed by atoms with E-state index in [4.69, 9.17) is 4.55 Å². The SMILES string of the molecule is O=S(=O)(O)CCCNC1(Cc2ccc(F)cc2)CCCC1. The largest absolute Gasteiger partial charge is 0.311 e. The Bertz CT molecular complexity index is 551. The third-order valence-corrected chi connectivity index (χ3v) is 4.90. The summed E-state index contributed by atoms with van der Waals surface area (Å²) in [4.78, 5) is 0. The lowest BCUT2D eigenvalue weighted by atomic mass is 9.89. The number of benzene rings is 1. The van der Waals surface area contributed by atoms with Gasteiger partial charge in [0.2, 0.25) is 0 Å². The maximum absolute atomic E-state index is 13.0. The highest BCUT2D eigenvalue weighted by molar-refractivity contribution is 7.85. The summed E-state index contributed by atoms with van der Waals surface area (Å²) in [6.45, 7) is 0.557. The highest BCUT2D eigenvalue weighted by Gasteiger charge is 2.33. The molecule has 0 spiro atoms. The molecule has 6 heteroatoms. The van der Waals surface area contributed by atoms with E-state index < -0.39 is 10.1 Å². The Kier molecular flexibility index (Phi) is 5.35. The Morgan fingerprint density at radius 3 is 2.38 bits per heavy atom. The Morgan fingerprint density at radius 2 is 1.81 bits per heavy atom. The third kappa shape index (κ3) is 5.37. The van der Waals surface area contributed by atoms with Crippen LogP contribution in [0.4, 0.5) is 4.39 Å². The van der Waals surface area contributed by atoms with Crippen LogP contribution in [0.2, 0.25) is 0 Å². The van der Waals surface area contributed by atoms with E-state index in [-0.39, 0.29) is 17.1 Å². The maximum atomic E-state index is 13.0. The number of rotatable bonds is 7. The summed E-state index contributed by atoms with van der Waals surface area (Å²) in [7, 11) is -3.88. The molecule has 0 atom stereocenters. The van der Waals surface area contributed by atoms with E-state index in [2.05, 4.69) is 5.32 Å². The molecule has 0 unspecified atom stereocenters. The molecule has 0 heterocycles. The van der Waals surface area contributed by atoms with E-state index in [1.54, 1.807) is 12.1 Å². The molecular formula is C15H22FNO3S. The molecule has 0 aromatic heterocycles. The van der Waals surface area contributed by atoms with Crippen LogP contribution in [-0.4, -0.2) is 30.8 Å². The van der Waals surface area contributed by atoms with Crippen molar-refractivity contribution in [1.82, 2.24) is 5.32 Å². The average Bonchev–Trinajstić information content (AvgIpc) is 2.86. The molecule has 0 saturated heterocycles. The van der Waals surface area contributed by atoms with E-state index in [1.807, 2.05) is 0 Å². The number of halogens is 1. The van der Waals surface area contributed by atoms with E-state index in [0.717, 1.165) is 37.7 Å². The smallest absolute Gasteiger partial charge is 0.264 e. The zero-order chi connectivity index (χ0) is 15.3. The van der Waals surface area contributed by atoms with Gasteiger partial charge in [-0.1, -0.05) is 25.0 Å². The van der Waals surface area contributed by atoms with Gasteiger partial charge in [-0.05, 0) is 49.9 Å². The fraction of sp³-hybridized carbons (Fsp3) is 0.600. The van der Waals surface area contributed by atoms with Crippen molar-refractivity contribution in [3.05, 3.63) is 35.6 Å². The molecule has 0 amide bonds. The van der Waals surface area contributed by atoms with Crippen LogP contribution in [-0.2, 0) is 16.5 Å². The van der Waals surface area contributed by atoms with Gasteiger partial charge in [0.25, 0.3) is 10.1 Å². The molecule has 2 rings (SSSR count). The summed E-state index contributed by atoms with van der Waals surface area (Å²) in [5.74, 6) is -0.451. The second-order valence-electron chi connectivity index (χ2n) is 5.86. The van der Waals surface area contributed by atoms with Crippen LogP contribution in [0.1, 0.15) is 37.7 Å². The molecular weight excluding hydrogens is 293 g/mol. The highest BCUT2D eigenvalue weighted by atomic mass is 32.2. The van der Waals surface area contributed by atoms with Crippen LogP contribution in [0.25, 0.3) is 0 Å². The molecule has 1 aliphatic rings. The molecule has 1 aliphatic carbocycles. The summed E-state index contributed by atoms with van der Waals surface area (Å²) < 4.78 is 43.1. The fourth-order valence-electron chi connectivity index (χ4n) is 3.07. The monoisotopic (exact) mass is 315 g/mol. The molecule has 2 N–H and O–H groups in total. The van der Waals surface area contributed by atoms with E-state index in [0.29, 0.717) is 13.0 Å². The summed E-state index contributed by atoms with van der Waals surface area (Å²) in [6, 6.07) is 6.54. The van der Waals surface area contributed by atoms with E-state index >= 15 is 0 Å². The van der Waals surface area contributed by atoms with Gasteiger partial charge < -0.3 is 5.32 Å². The molecule has 21 heavy (non-hydrogen) atoms. The Labute approximate surface area is 125 Å². The third-order valence-electron chi connectivity index (χ3n) is 4.10. The summed E-state index contributed by atoms with van der Waals surface area (Å²) in [5.41, 5.74) is 1.05. The molecule has 118 valence electrons. The van der Waals surface area contributed by atoms with Crippen LogP contribution >= 0.6 is 0 Å². The van der Waals surface area contributed by atoms with Gasteiger partial charge >= 0.3 is 0 Å². The Hall–Kier alpha value is -0.980. The topological polar surface area (TPSA) is 66.4 Å². The first-order chi connectivity index (χ1) is 9.89. The average molecular weight is 315 g/mol.